The van der Waals surface area contributed by atoms with Crippen molar-refractivity contribution < 1.29 is 8.76 Å². The summed E-state index contributed by atoms with van der Waals surface area (Å²) in [4.78, 5) is 2.13. The van der Waals surface area contributed by atoms with Gasteiger partial charge in [0, 0.05) is 22.5 Å². The van der Waals surface area contributed by atoms with E-state index in [2.05, 4.69) is 58.7 Å². The summed E-state index contributed by atoms with van der Waals surface area (Å²) >= 11 is -2.38. The topological polar surface area (TPSA) is 82.0 Å². The predicted molar refractivity (Wildman–Crippen MR) is 112 cm³/mol. The third-order valence-electron chi connectivity index (χ3n) is 4.64. The molecule has 0 aliphatic heterocycles. The normalized spacial score (nSPS) is 12.2. The van der Waals surface area contributed by atoms with Crippen molar-refractivity contribution in [2.24, 2.45) is 0 Å². The number of nitrogens with one attached hydrogen (secondary N) is 2. The van der Waals surface area contributed by atoms with Crippen LogP contribution in [0.1, 0.15) is 11.3 Å². The molecule has 142 valence electrons. The van der Waals surface area contributed by atoms with Crippen LogP contribution < -0.4 is 10.3 Å². The Balaban J connectivity index is 1.78. The van der Waals surface area contributed by atoms with Gasteiger partial charge in [-0.15, -0.1) is 0 Å². The SMILES string of the molecule is Cc1cc(-c2ccc(C)c3ccccc23)n(-c2ccc(NNS(=O)[O-])cc2)n1. The highest BCUT2D eigenvalue weighted by Gasteiger charge is 2.13. The molecule has 0 amide bonds. The lowest BCUT2D eigenvalue weighted by atomic mass is 9.98. The van der Waals surface area contributed by atoms with Gasteiger partial charge in [-0.3, -0.25) is 4.21 Å². The molecule has 0 aliphatic rings. The Morgan fingerprint density at radius 2 is 1.68 bits per heavy atom. The number of hydrazine groups is 1. The molecule has 2 N–H and O–H groups in total. The number of fused-ring (bicyclic) bond motifs is 1. The number of benzene rings is 3. The standard InChI is InChI=1S/C21H20N4O2S/c1-14-7-12-20(19-6-4-3-5-18(14)19)21-13-15(2)23-25(21)17-10-8-16(9-11-17)22-24-28(26)27/h3-13,22,24H,1-2H3,(H,26,27)/p-1. The van der Waals surface area contributed by atoms with Gasteiger partial charge in [0.15, 0.2) is 0 Å². The number of hydrogen-bond acceptors (Lipinski definition) is 4. The van der Waals surface area contributed by atoms with Crippen LogP contribution in [0.3, 0.4) is 0 Å². The zero-order chi connectivity index (χ0) is 19.7. The maximum absolute atomic E-state index is 10.6. The van der Waals surface area contributed by atoms with Crippen molar-refractivity contribution in [2.45, 2.75) is 13.8 Å². The molecule has 1 heterocycles. The number of rotatable bonds is 5. The first-order valence-corrected chi connectivity index (χ1v) is 9.87. The number of hydrogen-bond donors (Lipinski definition) is 2. The van der Waals surface area contributed by atoms with E-state index in [-0.39, 0.29) is 0 Å². The number of aryl methyl sites for hydroxylation is 2. The van der Waals surface area contributed by atoms with E-state index in [4.69, 9.17) is 0 Å². The van der Waals surface area contributed by atoms with E-state index >= 15 is 0 Å². The van der Waals surface area contributed by atoms with Crippen LogP contribution in [0, 0.1) is 13.8 Å². The Morgan fingerprint density at radius 1 is 0.964 bits per heavy atom. The highest BCUT2D eigenvalue weighted by Crippen LogP contribution is 2.32. The van der Waals surface area contributed by atoms with Gasteiger partial charge in [0.05, 0.1) is 17.1 Å². The molecule has 4 rings (SSSR count). The first-order valence-electron chi connectivity index (χ1n) is 8.80. The number of anilines is 1. The van der Waals surface area contributed by atoms with Crippen molar-refractivity contribution in [2.75, 3.05) is 5.43 Å². The van der Waals surface area contributed by atoms with Gasteiger partial charge in [-0.25, -0.2) is 4.68 Å². The predicted octanol–water partition coefficient (Wildman–Crippen LogP) is 4.02. The van der Waals surface area contributed by atoms with Crippen LogP contribution in [0.2, 0.25) is 0 Å². The van der Waals surface area contributed by atoms with Gasteiger partial charge in [-0.1, -0.05) is 36.4 Å². The summed E-state index contributed by atoms with van der Waals surface area (Å²) in [6.07, 6.45) is 0. The Kier molecular flexibility index (Phi) is 4.95. The Morgan fingerprint density at radius 3 is 2.39 bits per heavy atom. The minimum atomic E-state index is -2.38. The molecule has 7 heteroatoms. The molecule has 0 saturated heterocycles. The molecule has 0 saturated carbocycles. The van der Waals surface area contributed by atoms with Gasteiger partial charge in [0.25, 0.3) is 0 Å². The largest absolute Gasteiger partial charge is 0.759 e. The summed E-state index contributed by atoms with van der Waals surface area (Å²) in [6, 6.07) is 22.1. The first-order chi connectivity index (χ1) is 13.5. The highest BCUT2D eigenvalue weighted by molar-refractivity contribution is 7.77. The zero-order valence-corrected chi connectivity index (χ0v) is 16.3. The van der Waals surface area contributed by atoms with Crippen LogP contribution in [-0.4, -0.2) is 18.5 Å². The molecule has 0 aliphatic carbocycles. The maximum atomic E-state index is 10.6. The van der Waals surface area contributed by atoms with Gasteiger partial charge < -0.3 is 9.98 Å². The highest BCUT2D eigenvalue weighted by atomic mass is 32.2. The molecule has 1 unspecified atom stereocenters. The monoisotopic (exact) mass is 391 g/mol. The zero-order valence-electron chi connectivity index (χ0n) is 15.5. The minimum absolute atomic E-state index is 0.638. The fourth-order valence-electron chi connectivity index (χ4n) is 3.35. The van der Waals surface area contributed by atoms with E-state index in [1.807, 2.05) is 29.8 Å². The van der Waals surface area contributed by atoms with E-state index in [0.29, 0.717) is 5.69 Å². The van der Waals surface area contributed by atoms with Gasteiger partial charge in [0.1, 0.15) is 0 Å². The van der Waals surface area contributed by atoms with E-state index in [1.54, 1.807) is 12.1 Å². The van der Waals surface area contributed by atoms with Crippen LogP contribution in [0.25, 0.3) is 27.7 Å². The van der Waals surface area contributed by atoms with Crippen LogP contribution in [-0.2, 0) is 11.3 Å². The van der Waals surface area contributed by atoms with Gasteiger partial charge in [-0.2, -0.15) is 9.93 Å². The summed E-state index contributed by atoms with van der Waals surface area (Å²) in [5.41, 5.74) is 8.42. The summed E-state index contributed by atoms with van der Waals surface area (Å²) in [5, 5.41) is 7.08. The molecule has 6 nitrogen and oxygen atoms in total. The number of aromatic nitrogens is 2. The van der Waals surface area contributed by atoms with Crippen molar-refractivity contribution in [1.82, 2.24) is 14.6 Å². The fourth-order valence-corrected chi connectivity index (χ4v) is 3.55. The van der Waals surface area contributed by atoms with Crippen molar-refractivity contribution in [3.63, 3.8) is 0 Å². The minimum Gasteiger partial charge on any atom is -0.759 e. The second-order valence-electron chi connectivity index (χ2n) is 6.57. The van der Waals surface area contributed by atoms with Crippen LogP contribution in [0.15, 0.2) is 66.7 Å². The molecular weight excluding hydrogens is 372 g/mol. The molecular formula is C21H19N4O2S-. The fraction of sp³-hybridized carbons (Fsp3) is 0.0952. The Bertz CT molecular complexity index is 1170. The number of nitrogens with zero attached hydrogens (tertiary/aromatic N) is 2. The third kappa shape index (κ3) is 3.55. The van der Waals surface area contributed by atoms with E-state index in [9.17, 15) is 8.76 Å². The second kappa shape index (κ2) is 7.55. The smallest absolute Gasteiger partial charge is 0.0749 e. The Labute approximate surface area is 165 Å². The molecule has 1 aromatic heterocycles. The maximum Gasteiger partial charge on any atom is 0.0749 e. The lowest BCUT2D eigenvalue weighted by Crippen LogP contribution is -2.23. The van der Waals surface area contributed by atoms with Crippen LogP contribution >= 0.6 is 0 Å². The molecule has 1 atom stereocenters. The molecule has 28 heavy (non-hydrogen) atoms. The summed E-state index contributed by atoms with van der Waals surface area (Å²) in [7, 11) is 0. The quantitative estimate of drug-likeness (QED) is 0.398. The van der Waals surface area contributed by atoms with Gasteiger partial charge >= 0.3 is 0 Å². The molecule has 0 bridgehead atoms. The van der Waals surface area contributed by atoms with Crippen molar-refractivity contribution >= 4 is 27.7 Å². The van der Waals surface area contributed by atoms with Crippen molar-refractivity contribution in [3.05, 3.63) is 78.0 Å². The average molecular weight is 391 g/mol. The van der Waals surface area contributed by atoms with Crippen molar-refractivity contribution in [1.29, 1.82) is 0 Å². The van der Waals surface area contributed by atoms with Crippen LogP contribution in [0.5, 0.6) is 0 Å². The lowest BCUT2D eigenvalue weighted by molar-refractivity contribution is 0.528. The van der Waals surface area contributed by atoms with Crippen molar-refractivity contribution in [3.8, 4) is 16.9 Å². The molecule has 4 aromatic rings. The summed E-state index contributed by atoms with van der Waals surface area (Å²) in [5.74, 6) is 0. The molecule has 0 spiro atoms. The van der Waals surface area contributed by atoms with E-state index in [0.717, 1.165) is 22.6 Å². The molecule has 3 aromatic carbocycles. The van der Waals surface area contributed by atoms with E-state index < -0.39 is 11.3 Å². The third-order valence-corrected chi connectivity index (χ3v) is 4.91. The van der Waals surface area contributed by atoms with E-state index in [1.165, 1.54) is 16.3 Å². The Hall–Kier alpha value is -3.00. The summed E-state index contributed by atoms with van der Waals surface area (Å²) in [6.45, 7) is 4.09. The second-order valence-corrected chi connectivity index (χ2v) is 7.24. The van der Waals surface area contributed by atoms with Gasteiger partial charge in [0.2, 0.25) is 0 Å². The summed E-state index contributed by atoms with van der Waals surface area (Å²) < 4.78 is 23.1. The average Bonchev–Trinajstić information content (AvgIpc) is 3.09. The molecule has 0 radical (unpaired) electrons. The van der Waals surface area contributed by atoms with Gasteiger partial charge in [-0.05, 0) is 60.5 Å². The molecule has 0 fully saturated rings. The lowest BCUT2D eigenvalue weighted by Gasteiger charge is -2.13. The first kappa shape index (κ1) is 18.4. The van der Waals surface area contributed by atoms with Crippen LogP contribution in [0.4, 0.5) is 5.69 Å².